The van der Waals surface area contributed by atoms with Crippen LogP contribution in [-0.4, -0.2) is 30.3 Å². The van der Waals surface area contributed by atoms with E-state index in [1.54, 1.807) is 28.6 Å². The molecular weight excluding hydrogens is 280 g/mol. The predicted octanol–water partition coefficient (Wildman–Crippen LogP) is 1.49. The summed E-state index contributed by atoms with van der Waals surface area (Å²) in [4.78, 5) is 0.519. The van der Waals surface area contributed by atoms with Gasteiger partial charge in [-0.15, -0.1) is 0 Å². The Bertz CT molecular complexity index is 627. The van der Waals surface area contributed by atoms with Crippen LogP contribution in [0.25, 0.3) is 0 Å². The maximum absolute atomic E-state index is 12.6. The van der Waals surface area contributed by atoms with Crippen molar-refractivity contribution < 1.29 is 8.42 Å². The Hall–Kier alpha value is -0.980. The number of nitrogens with zero attached hydrogens (tertiary/aromatic N) is 1. The van der Waals surface area contributed by atoms with Crippen molar-refractivity contribution in [3.8, 4) is 0 Å². The highest BCUT2D eigenvalue weighted by molar-refractivity contribution is 7.89. The molecule has 0 aromatic heterocycles. The van der Waals surface area contributed by atoms with Gasteiger partial charge in [-0.1, -0.05) is 24.4 Å². The second-order valence-corrected chi connectivity index (χ2v) is 7.63. The normalized spacial score (nSPS) is 26.7. The van der Waals surface area contributed by atoms with Gasteiger partial charge < -0.3 is 5.73 Å². The average Bonchev–Trinajstić information content (AvgIpc) is 3.01. The number of hydrogen-bond acceptors (Lipinski definition) is 3. The van der Waals surface area contributed by atoms with Gasteiger partial charge in [0.15, 0.2) is 0 Å². The van der Waals surface area contributed by atoms with E-state index in [1.165, 1.54) is 0 Å². The molecule has 0 radical (unpaired) electrons. The van der Waals surface area contributed by atoms with Crippen LogP contribution in [0.3, 0.4) is 0 Å². The summed E-state index contributed by atoms with van der Waals surface area (Å²) in [5.74, 6) is 0.540. The van der Waals surface area contributed by atoms with E-state index < -0.39 is 10.0 Å². The number of thiocarbonyl (C=S) groups is 1. The Morgan fingerprint density at radius 2 is 2.16 bits per heavy atom. The molecule has 2 N–H and O–H groups in total. The number of fused-ring (bicyclic) bond motifs is 2. The first kappa shape index (κ1) is 13.0. The molecule has 0 spiro atoms. The second kappa shape index (κ2) is 4.54. The summed E-state index contributed by atoms with van der Waals surface area (Å²) in [6.45, 7) is 0.657. The van der Waals surface area contributed by atoms with E-state index in [0.29, 0.717) is 22.9 Å². The molecule has 1 saturated heterocycles. The molecule has 1 heterocycles. The standard InChI is InChI=1S/C13H16N2O2S2/c14-13(18)10-2-1-3-12(7-10)19(16,17)15-8-9-4-5-11(15)6-9/h1-3,7,9,11H,4-6,8H2,(H2,14,18). The monoisotopic (exact) mass is 296 g/mol. The SMILES string of the molecule is NC(=S)c1cccc(S(=O)(=O)N2CC3CCC2C3)c1. The first-order valence-corrected chi connectivity index (χ1v) is 8.25. The molecule has 1 saturated carbocycles. The molecule has 1 aromatic carbocycles. The van der Waals surface area contributed by atoms with E-state index in [-0.39, 0.29) is 11.0 Å². The molecule has 1 aromatic rings. The molecular formula is C13H16N2O2S2. The van der Waals surface area contributed by atoms with E-state index >= 15 is 0 Å². The van der Waals surface area contributed by atoms with Crippen molar-refractivity contribution >= 4 is 27.2 Å². The Kier molecular flexibility index (Phi) is 3.11. The minimum Gasteiger partial charge on any atom is -0.389 e. The zero-order valence-electron chi connectivity index (χ0n) is 10.5. The van der Waals surface area contributed by atoms with E-state index in [2.05, 4.69) is 0 Å². The fraction of sp³-hybridized carbons (Fsp3) is 0.462. The van der Waals surface area contributed by atoms with Crippen molar-refractivity contribution in [1.82, 2.24) is 4.31 Å². The molecule has 4 nitrogen and oxygen atoms in total. The van der Waals surface area contributed by atoms with E-state index in [1.807, 2.05) is 0 Å². The lowest BCUT2D eigenvalue weighted by Gasteiger charge is -2.26. The average molecular weight is 296 g/mol. The Morgan fingerprint density at radius 3 is 2.74 bits per heavy atom. The Morgan fingerprint density at radius 1 is 1.37 bits per heavy atom. The van der Waals surface area contributed by atoms with E-state index in [4.69, 9.17) is 18.0 Å². The largest absolute Gasteiger partial charge is 0.389 e. The third-order valence-electron chi connectivity index (χ3n) is 4.08. The van der Waals surface area contributed by atoms with Gasteiger partial charge in [-0.05, 0) is 37.3 Å². The number of nitrogens with two attached hydrogens (primary N) is 1. The highest BCUT2D eigenvalue weighted by Gasteiger charge is 2.44. The quantitative estimate of drug-likeness (QED) is 0.859. The third-order valence-corrected chi connectivity index (χ3v) is 6.23. The first-order valence-electron chi connectivity index (χ1n) is 6.40. The highest BCUT2D eigenvalue weighted by Crippen LogP contribution is 2.40. The van der Waals surface area contributed by atoms with E-state index in [0.717, 1.165) is 19.3 Å². The van der Waals surface area contributed by atoms with Crippen LogP contribution in [0.1, 0.15) is 24.8 Å². The summed E-state index contributed by atoms with van der Waals surface area (Å²) in [7, 11) is -3.41. The molecule has 3 rings (SSSR count). The molecule has 2 atom stereocenters. The van der Waals surface area contributed by atoms with Crippen LogP contribution >= 0.6 is 12.2 Å². The van der Waals surface area contributed by atoms with Gasteiger partial charge in [0.05, 0.1) is 4.90 Å². The van der Waals surface area contributed by atoms with Gasteiger partial charge in [0.2, 0.25) is 10.0 Å². The molecule has 19 heavy (non-hydrogen) atoms. The fourth-order valence-electron chi connectivity index (χ4n) is 3.12. The first-order chi connectivity index (χ1) is 8.98. The lowest BCUT2D eigenvalue weighted by atomic mass is 10.1. The van der Waals surface area contributed by atoms with Crippen molar-refractivity contribution in [2.45, 2.75) is 30.2 Å². The molecule has 2 aliphatic rings. The van der Waals surface area contributed by atoms with Crippen molar-refractivity contribution in [2.24, 2.45) is 11.7 Å². The molecule has 1 aliphatic heterocycles. The number of piperidine rings is 1. The van der Waals surface area contributed by atoms with Crippen molar-refractivity contribution in [2.75, 3.05) is 6.54 Å². The van der Waals surface area contributed by atoms with Crippen molar-refractivity contribution in [3.63, 3.8) is 0 Å². The van der Waals surface area contributed by atoms with Gasteiger partial charge in [-0.3, -0.25) is 0 Å². The van der Waals surface area contributed by atoms with Gasteiger partial charge in [0, 0.05) is 18.2 Å². The topological polar surface area (TPSA) is 63.4 Å². The van der Waals surface area contributed by atoms with Crippen LogP contribution < -0.4 is 5.73 Å². The smallest absolute Gasteiger partial charge is 0.243 e. The third kappa shape index (κ3) is 2.17. The number of rotatable bonds is 3. The highest BCUT2D eigenvalue weighted by atomic mass is 32.2. The second-order valence-electron chi connectivity index (χ2n) is 5.30. The molecule has 6 heteroatoms. The predicted molar refractivity (Wildman–Crippen MR) is 77.4 cm³/mol. The summed E-state index contributed by atoms with van der Waals surface area (Å²) >= 11 is 4.90. The summed E-state index contributed by atoms with van der Waals surface area (Å²) in [6.07, 6.45) is 3.15. The maximum Gasteiger partial charge on any atom is 0.243 e. The summed E-state index contributed by atoms with van der Waals surface area (Å²) in [6, 6.07) is 6.79. The van der Waals surface area contributed by atoms with Crippen molar-refractivity contribution in [1.29, 1.82) is 0 Å². The van der Waals surface area contributed by atoms with Crippen molar-refractivity contribution in [3.05, 3.63) is 29.8 Å². The molecule has 1 aliphatic carbocycles. The summed E-state index contributed by atoms with van der Waals surface area (Å²) < 4.78 is 26.9. The maximum atomic E-state index is 12.6. The number of benzene rings is 1. The number of sulfonamides is 1. The summed E-state index contributed by atoms with van der Waals surface area (Å²) in [5, 5.41) is 0. The van der Waals surface area contributed by atoms with Crippen LogP contribution in [0, 0.1) is 5.92 Å². The van der Waals surface area contributed by atoms with Gasteiger partial charge in [-0.2, -0.15) is 4.31 Å². The lowest BCUT2D eigenvalue weighted by Crippen LogP contribution is -2.37. The summed E-state index contributed by atoms with van der Waals surface area (Å²) in [5.41, 5.74) is 6.16. The molecule has 2 bridgehead atoms. The van der Waals surface area contributed by atoms with Crippen LogP contribution in [0.5, 0.6) is 0 Å². The van der Waals surface area contributed by atoms with Crippen LogP contribution in [-0.2, 0) is 10.0 Å². The molecule has 0 amide bonds. The van der Waals surface area contributed by atoms with Gasteiger partial charge >= 0.3 is 0 Å². The van der Waals surface area contributed by atoms with Crippen LogP contribution in [0.2, 0.25) is 0 Å². The molecule has 2 unspecified atom stereocenters. The Balaban J connectivity index is 1.96. The van der Waals surface area contributed by atoms with Crippen LogP contribution in [0.4, 0.5) is 0 Å². The van der Waals surface area contributed by atoms with Gasteiger partial charge in [-0.25, -0.2) is 8.42 Å². The number of hydrogen-bond donors (Lipinski definition) is 1. The lowest BCUT2D eigenvalue weighted by molar-refractivity contribution is 0.333. The van der Waals surface area contributed by atoms with Gasteiger partial charge in [0.25, 0.3) is 0 Å². The van der Waals surface area contributed by atoms with E-state index in [9.17, 15) is 8.42 Å². The van der Waals surface area contributed by atoms with Crippen LogP contribution in [0.15, 0.2) is 29.2 Å². The minimum atomic E-state index is -3.41. The fourth-order valence-corrected chi connectivity index (χ4v) is 5.03. The zero-order valence-corrected chi connectivity index (χ0v) is 12.1. The Labute approximate surface area is 118 Å². The zero-order chi connectivity index (χ0) is 13.6. The molecule has 102 valence electrons. The minimum absolute atomic E-state index is 0.184. The van der Waals surface area contributed by atoms with Gasteiger partial charge in [0.1, 0.15) is 4.99 Å². The molecule has 2 fully saturated rings.